The first-order valence-electron chi connectivity index (χ1n) is 4.80. The molecule has 4 heteroatoms. The first-order chi connectivity index (χ1) is 7.17. The van der Waals surface area contributed by atoms with E-state index in [-0.39, 0.29) is 17.6 Å². The number of rotatable bonds is 5. The summed E-state index contributed by atoms with van der Waals surface area (Å²) in [5, 5.41) is 2.62. The van der Waals surface area contributed by atoms with Crippen molar-refractivity contribution in [1.29, 1.82) is 0 Å². The van der Waals surface area contributed by atoms with Crippen molar-refractivity contribution in [1.82, 2.24) is 5.32 Å². The SMILES string of the molecule is C=C/C=C(/[B]C(=O)C1CCC(=O)N1)C=C. The highest BCUT2D eigenvalue weighted by molar-refractivity contribution is 6.81. The maximum atomic E-state index is 11.6. The lowest BCUT2D eigenvalue weighted by atomic mass is 9.63. The molecule has 1 unspecified atom stereocenters. The van der Waals surface area contributed by atoms with E-state index in [0.717, 1.165) is 0 Å². The highest BCUT2D eigenvalue weighted by Crippen LogP contribution is 2.08. The molecule has 1 amide bonds. The lowest BCUT2D eigenvalue weighted by Gasteiger charge is -2.07. The van der Waals surface area contributed by atoms with Crippen molar-refractivity contribution in [2.45, 2.75) is 18.9 Å². The van der Waals surface area contributed by atoms with Crippen molar-refractivity contribution >= 4 is 18.9 Å². The quantitative estimate of drug-likeness (QED) is 0.528. The van der Waals surface area contributed by atoms with Crippen molar-refractivity contribution in [3.63, 3.8) is 0 Å². The van der Waals surface area contributed by atoms with Gasteiger partial charge in [0.15, 0.2) is 0 Å². The Morgan fingerprint density at radius 2 is 2.27 bits per heavy atom. The smallest absolute Gasteiger partial charge is 0.244 e. The molecule has 1 heterocycles. The zero-order chi connectivity index (χ0) is 11.3. The van der Waals surface area contributed by atoms with E-state index in [1.165, 1.54) is 7.28 Å². The van der Waals surface area contributed by atoms with Crippen LogP contribution in [0.3, 0.4) is 0 Å². The Labute approximate surface area is 90.2 Å². The van der Waals surface area contributed by atoms with E-state index in [4.69, 9.17) is 0 Å². The topological polar surface area (TPSA) is 46.2 Å². The van der Waals surface area contributed by atoms with Crippen LogP contribution < -0.4 is 5.32 Å². The number of hydrogen-bond acceptors (Lipinski definition) is 2. The van der Waals surface area contributed by atoms with E-state index in [9.17, 15) is 9.59 Å². The Morgan fingerprint density at radius 3 is 2.73 bits per heavy atom. The van der Waals surface area contributed by atoms with Crippen LogP contribution in [0.4, 0.5) is 0 Å². The van der Waals surface area contributed by atoms with Gasteiger partial charge < -0.3 is 10.1 Å². The number of carbonyl (C=O) groups is 2. The molecule has 77 valence electrons. The predicted molar refractivity (Wildman–Crippen MR) is 60.4 cm³/mol. The van der Waals surface area contributed by atoms with Crippen LogP contribution in [0.2, 0.25) is 0 Å². The summed E-state index contributed by atoms with van der Waals surface area (Å²) in [5.74, 6) is -0.0606. The van der Waals surface area contributed by atoms with Crippen molar-refractivity contribution in [2.24, 2.45) is 0 Å². The summed E-state index contributed by atoms with van der Waals surface area (Å²) in [7, 11) is 1.48. The summed E-state index contributed by atoms with van der Waals surface area (Å²) < 4.78 is 0. The Balaban J connectivity index is 2.54. The van der Waals surface area contributed by atoms with Crippen LogP contribution in [0, 0.1) is 0 Å². The van der Waals surface area contributed by atoms with Crippen LogP contribution in [0.5, 0.6) is 0 Å². The number of allylic oxidation sites excluding steroid dienone is 4. The van der Waals surface area contributed by atoms with Gasteiger partial charge in [0.2, 0.25) is 13.2 Å². The minimum atomic E-state index is -0.370. The van der Waals surface area contributed by atoms with Gasteiger partial charge in [-0.3, -0.25) is 4.79 Å². The number of hydrogen-bond donors (Lipinski definition) is 1. The van der Waals surface area contributed by atoms with E-state index in [1.54, 1.807) is 18.2 Å². The van der Waals surface area contributed by atoms with Crippen LogP contribution in [-0.4, -0.2) is 24.9 Å². The molecule has 15 heavy (non-hydrogen) atoms. The van der Waals surface area contributed by atoms with Crippen molar-refractivity contribution in [3.05, 3.63) is 36.9 Å². The Morgan fingerprint density at radius 1 is 1.53 bits per heavy atom. The summed E-state index contributed by atoms with van der Waals surface area (Å²) in [5.41, 5.74) is 0.616. The predicted octanol–water partition coefficient (Wildman–Crippen LogP) is 0.752. The number of nitrogens with one attached hydrogen (secondary N) is 1. The molecule has 0 aromatic carbocycles. The van der Waals surface area contributed by atoms with Crippen molar-refractivity contribution < 1.29 is 9.59 Å². The van der Waals surface area contributed by atoms with Crippen LogP contribution in [0.25, 0.3) is 0 Å². The normalized spacial score (nSPS) is 20.7. The van der Waals surface area contributed by atoms with Crippen LogP contribution in [-0.2, 0) is 9.59 Å². The largest absolute Gasteiger partial charge is 0.347 e. The third-order valence-corrected chi connectivity index (χ3v) is 2.19. The minimum Gasteiger partial charge on any atom is -0.347 e. The molecule has 1 atom stereocenters. The van der Waals surface area contributed by atoms with Gasteiger partial charge in [-0.15, -0.1) is 0 Å². The fourth-order valence-electron chi connectivity index (χ4n) is 1.40. The summed E-state index contributed by atoms with van der Waals surface area (Å²) in [4.78, 5) is 22.6. The molecule has 0 aromatic heterocycles. The van der Waals surface area contributed by atoms with Gasteiger partial charge >= 0.3 is 0 Å². The second kappa shape index (κ2) is 5.34. The molecule has 0 saturated carbocycles. The summed E-state index contributed by atoms with van der Waals surface area (Å²) in [6, 6.07) is -0.370. The van der Waals surface area contributed by atoms with Gasteiger partial charge in [-0.25, -0.2) is 0 Å². The number of carbonyl (C=O) groups excluding carboxylic acids is 2. The van der Waals surface area contributed by atoms with E-state index in [0.29, 0.717) is 18.3 Å². The summed E-state index contributed by atoms with van der Waals surface area (Å²) in [6.45, 7) is 7.13. The maximum absolute atomic E-state index is 11.6. The molecular weight excluding hydrogens is 189 g/mol. The lowest BCUT2D eigenvalue weighted by molar-refractivity contribution is -0.121. The molecule has 1 N–H and O–H groups in total. The molecule has 0 aliphatic carbocycles. The molecule has 1 rings (SSSR count). The fourth-order valence-corrected chi connectivity index (χ4v) is 1.40. The highest BCUT2D eigenvalue weighted by atomic mass is 16.2. The van der Waals surface area contributed by atoms with E-state index in [1.807, 2.05) is 0 Å². The summed E-state index contributed by atoms with van der Waals surface area (Å²) >= 11 is 0. The van der Waals surface area contributed by atoms with Gasteiger partial charge in [-0.2, -0.15) is 0 Å². The van der Waals surface area contributed by atoms with Gasteiger partial charge in [-0.05, 0) is 6.42 Å². The first-order valence-corrected chi connectivity index (χ1v) is 4.80. The third kappa shape index (κ3) is 3.24. The molecule has 1 aliphatic heterocycles. The van der Waals surface area contributed by atoms with Gasteiger partial charge in [0.1, 0.15) is 5.68 Å². The van der Waals surface area contributed by atoms with Gasteiger partial charge in [-0.1, -0.05) is 36.9 Å². The molecule has 1 saturated heterocycles. The minimum absolute atomic E-state index is 0.0606. The zero-order valence-corrected chi connectivity index (χ0v) is 8.53. The van der Waals surface area contributed by atoms with E-state index >= 15 is 0 Å². The van der Waals surface area contributed by atoms with E-state index < -0.39 is 0 Å². The van der Waals surface area contributed by atoms with Crippen molar-refractivity contribution in [3.8, 4) is 0 Å². The summed E-state index contributed by atoms with van der Waals surface area (Å²) in [6.07, 6.45) is 5.87. The molecule has 1 radical (unpaired) electrons. The molecule has 1 fully saturated rings. The molecule has 0 bridgehead atoms. The second-order valence-electron chi connectivity index (χ2n) is 3.31. The average molecular weight is 202 g/mol. The van der Waals surface area contributed by atoms with Crippen LogP contribution >= 0.6 is 0 Å². The first kappa shape index (κ1) is 11.5. The highest BCUT2D eigenvalue weighted by Gasteiger charge is 2.27. The van der Waals surface area contributed by atoms with Crippen LogP contribution in [0.1, 0.15) is 12.8 Å². The molecule has 1 aliphatic rings. The Kier molecular flexibility index (Phi) is 4.09. The number of amides is 1. The van der Waals surface area contributed by atoms with Gasteiger partial charge in [0.05, 0.1) is 6.04 Å². The van der Waals surface area contributed by atoms with Gasteiger partial charge in [0, 0.05) is 6.42 Å². The van der Waals surface area contributed by atoms with E-state index in [2.05, 4.69) is 18.5 Å². The standard InChI is InChI=1S/C11H13BNO2/c1-3-5-8(4-2)12-11(15)9-6-7-10(14)13-9/h3-5,9H,1-2,6-7H2,(H,13,14)/b8-5+. The maximum Gasteiger partial charge on any atom is 0.244 e. The molecule has 0 spiro atoms. The van der Waals surface area contributed by atoms with Crippen LogP contribution in [0.15, 0.2) is 36.9 Å². The Bertz CT molecular complexity index is 333. The molecule has 3 nitrogen and oxygen atoms in total. The zero-order valence-electron chi connectivity index (χ0n) is 8.53. The molecular formula is C11H13BNO2. The average Bonchev–Trinajstić information content (AvgIpc) is 2.64. The van der Waals surface area contributed by atoms with Crippen molar-refractivity contribution in [2.75, 3.05) is 0 Å². The Hall–Kier alpha value is -1.58. The monoisotopic (exact) mass is 202 g/mol. The fraction of sp³-hybridized carbons (Fsp3) is 0.273. The lowest BCUT2D eigenvalue weighted by Crippen LogP contribution is -2.36. The van der Waals surface area contributed by atoms with Gasteiger partial charge in [0.25, 0.3) is 0 Å². The molecule has 0 aromatic rings. The second-order valence-corrected chi connectivity index (χ2v) is 3.31. The third-order valence-electron chi connectivity index (χ3n) is 2.19.